The van der Waals surface area contributed by atoms with Crippen molar-refractivity contribution in [1.29, 1.82) is 0 Å². The van der Waals surface area contributed by atoms with Gasteiger partial charge in [-0.1, -0.05) is 0 Å². The average Bonchev–Trinajstić information content (AvgIpc) is 3.01. The molecule has 1 fully saturated rings. The standard InChI is InChI=1S/C16H19N3O2S/c1-12-11-22-16(17-12)19-9-7-18(8-10-19)15(20)13-3-5-14(21-2)6-4-13/h3-6,11H,7-10H2,1-2H3. The molecule has 0 saturated carbocycles. The molecule has 1 saturated heterocycles. The first-order valence-electron chi connectivity index (χ1n) is 7.28. The Labute approximate surface area is 134 Å². The van der Waals surface area contributed by atoms with Crippen molar-refractivity contribution in [1.82, 2.24) is 9.88 Å². The molecule has 0 radical (unpaired) electrons. The predicted molar refractivity (Wildman–Crippen MR) is 88.0 cm³/mol. The second-order valence-corrected chi connectivity index (χ2v) is 6.12. The second-order valence-electron chi connectivity index (χ2n) is 5.28. The van der Waals surface area contributed by atoms with E-state index in [1.54, 1.807) is 18.4 Å². The third-order valence-electron chi connectivity index (χ3n) is 3.78. The average molecular weight is 317 g/mol. The highest BCUT2D eigenvalue weighted by Gasteiger charge is 2.23. The number of amides is 1. The van der Waals surface area contributed by atoms with Crippen LogP contribution in [-0.4, -0.2) is 49.1 Å². The Hall–Kier alpha value is -2.08. The first-order valence-corrected chi connectivity index (χ1v) is 8.16. The Morgan fingerprint density at radius 3 is 2.41 bits per heavy atom. The number of carbonyl (C=O) groups is 1. The van der Waals surface area contributed by atoms with Crippen LogP contribution in [0.4, 0.5) is 5.13 Å². The summed E-state index contributed by atoms with van der Waals surface area (Å²) in [5.41, 5.74) is 1.76. The summed E-state index contributed by atoms with van der Waals surface area (Å²) in [7, 11) is 1.62. The fourth-order valence-corrected chi connectivity index (χ4v) is 3.36. The Morgan fingerprint density at radius 1 is 1.18 bits per heavy atom. The summed E-state index contributed by atoms with van der Waals surface area (Å²) in [5, 5.41) is 3.11. The molecule has 1 aromatic heterocycles. The van der Waals surface area contributed by atoms with Gasteiger partial charge in [-0.05, 0) is 31.2 Å². The lowest BCUT2D eigenvalue weighted by molar-refractivity contribution is 0.0746. The zero-order chi connectivity index (χ0) is 15.5. The molecule has 1 aliphatic rings. The van der Waals surface area contributed by atoms with Crippen LogP contribution >= 0.6 is 11.3 Å². The van der Waals surface area contributed by atoms with E-state index in [1.165, 1.54) is 0 Å². The van der Waals surface area contributed by atoms with Crippen LogP contribution in [0.5, 0.6) is 5.75 Å². The zero-order valence-electron chi connectivity index (χ0n) is 12.8. The van der Waals surface area contributed by atoms with Crippen molar-refractivity contribution >= 4 is 22.4 Å². The number of thiazole rings is 1. The van der Waals surface area contributed by atoms with Crippen molar-refractivity contribution in [3.63, 3.8) is 0 Å². The number of carbonyl (C=O) groups excluding carboxylic acids is 1. The van der Waals surface area contributed by atoms with E-state index in [0.29, 0.717) is 5.56 Å². The summed E-state index contributed by atoms with van der Waals surface area (Å²) >= 11 is 1.66. The van der Waals surface area contributed by atoms with Crippen molar-refractivity contribution in [2.45, 2.75) is 6.92 Å². The summed E-state index contributed by atoms with van der Waals surface area (Å²) in [4.78, 5) is 21.2. The first-order chi connectivity index (χ1) is 10.7. The largest absolute Gasteiger partial charge is 0.497 e. The third kappa shape index (κ3) is 3.06. The van der Waals surface area contributed by atoms with Gasteiger partial charge in [0.1, 0.15) is 5.75 Å². The van der Waals surface area contributed by atoms with E-state index in [1.807, 2.05) is 36.1 Å². The van der Waals surface area contributed by atoms with Crippen LogP contribution in [-0.2, 0) is 0 Å². The van der Waals surface area contributed by atoms with Crippen LogP contribution in [0, 0.1) is 6.92 Å². The maximum atomic E-state index is 12.5. The minimum atomic E-state index is 0.0811. The molecule has 0 aliphatic carbocycles. The molecule has 0 atom stereocenters. The predicted octanol–water partition coefficient (Wildman–Crippen LogP) is 2.42. The van der Waals surface area contributed by atoms with Gasteiger partial charge in [0.15, 0.2) is 5.13 Å². The van der Waals surface area contributed by atoms with E-state index in [9.17, 15) is 4.79 Å². The molecular weight excluding hydrogens is 298 g/mol. The molecule has 2 aromatic rings. The van der Waals surface area contributed by atoms with Crippen LogP contribution in [0.15, 0.2) is 29.6 Å². The molecule has 116 valence electrons. The zero-order valence-corrected chi connectivity index (χ0v) is 13.6. The minimum absolute atomic E-state index is 0.0811. The molecular formula is C16H19N3O2S. The number of aromatic nitrogens is 1. The molecule has 3 rings (SSSR count). The van der Waals surface area contributed by atoms with Crippen molar-refractivity contribution in [3.05, 3.63) is 40.9 Å². The lowest BCUT2D eigenvalue weighted by atomic mass is 10.1. The maximum Gasteiger partial charge on any atom is 0.253 e. The smallest absolute Gasteiger partial charge is 0.253 e. The number of anilines is 1. The van der Waals surface area contributed by atoms with Gasteiger partial charge in [0.05, 0.1) is 12.8 Å². The molecule has 5 nitrogen and oxygen atoms in total. The van der Waals surface area contributed by atoms with Crippen LogP contribution in [0.1, 0.15) is 16.1 Å². The summed E-state index contributed by atoms with van der Waals surface area (Å²) in [6, 6.07) is 7.28. The van der Waals surface area contributed by atoms with E-state index in [0.717, 1.165) is 42.8 Å². The van der Waals surface area contributed by atoms with Gasteiger partial charge in [0.25, 0.3) is 5.91 Å². The highest BCUT2D eigenvalue weighted by atomic mass is 32.1. The number of methoxy groups -OCH3 is 1. The molecule has 0 unspecified atom stereocenters. The molecule has 22 heavy (non-hydrogen) atoms. The van der Waals surface area contributed by atoms with Gasteiger partial charge in [-0.15, -0.1) is 11.3 Å². The van der Waals surface area contributed by atoms with E-state index in [2.05, 4.69) is 15.3 Å². The monoisotopic (exact) mass is 317 g/mol. The summed E-state index contributed by atoms with van der Waals surface area (Å²) < 4.78 is 5.12. The van der Waals surface area contributed by atoms with E-state index < -0.39 is 0 Å². The quantitative estimate of drug-likeness (QED) is 0.872. The van der Waals surface area contributed by atoms with E-state index >= 15 is 0 Å². The Balaban J connectivity index is 1.61. The Morgan fingerprint density at radius 2 is 1.86 bits per heavy atom. The van der Waals surface area contributed by atoms with Crippen molar-refractivity contribution in [2.75, 3.05) is 38.2 Å². The van der Waals surface area contributed by atoms with Crippen LogP contribution in [0.25, 0.3) is 0 Å². The summed E-state index contributed by atoms with van der Waals surface area (Å²) in [5.74, 6) is 0.845. The van der Waals surface area contributed by atoms with Gasteiger partial charge in [-0.3, -0.25) is 4.79 Å². The second kappa shape index (κ2) is 6.36. The lowest BCUT2D eigenvalue weighted by Gasteiger charge is -2.34. The van der Waals surface area contributed by atoms with Crippen LogP contribution in [0.2, 0.25) is 0 Å². The van der Waals surface area contributed by atoms with Gasteiger partial charge >= 0.3 is 0 Å². The number of ether oxygens (including phenoxy) is 1. The van der Waals surface area contributed by atoms with Crippen molar-refractivity contribution < 1.29 is 9.53 Å². The topological polar surface area (TPSA) is 45.7 Å². The maximum absolute atomic E-state index is 12.5. The van der Waals surface area contributed by atoms with Gasteiger partial charge < -0.3 is 14.5 Å². The van der Waals surface area contributed by atoms with E-state index in [-0.39, 0.29) is 5.91 Å². The number of hydrogen-bond donors (Lipinski definition) is 0. The first kappa shape index (κ1) is 14.8. The highest BCUT2D eigenvalue weighted by molar-refractivity contribution is 7.13. The molecule has 0 bridgehead atoms. The molecule has 1 aromatic carbocycles. The molecule has 0 N–H and O–H groups in total. The lowest BCUT2D eigenvalue weighted by Crippen LogP contribution is -2.48. The van der Waals surface area contributed by atoms with Crippen molar-refractivity contribution in [2.24, 2.45) is 0 Å². The molecule has 1 amide bonds. The number of benzene rings is 1. The van der Waals surface area contributed by atoms with Gasteiger partial charge in [0.2, 0.25) is 0 Å². The van der Waals surface area contributed by atoms with Gasteiger partial charge in [-0.2, -0.15) is 0 Å². The summed E-state index contributed by atoms with van der Waals surface area (Å²) in [6.45, 7) is 5.11. The van der Waals surface area contributed by atoms with Crippen LogP contribution < -0.4 is 9.64 Å². The van der Waals surface area contributed by atoms with Crippen molar-refractivity contribution in [3.8, 4) is 5.75 Å². The number of aryl methyl sites for hydroxylation is 1. The van der Waals surface area contributed by atoms with E-state index in [4.69, 9.17) is 4.74 Å². The van der Waals surface area contributed by atoms with Crippen LogP contribution in [0.3, 0.4) is 0 Å². The molecule has 0 spiro atoms. The highest BCUT2D eigenvalue weighted by Crippen LogP contribution is 2.22. The molecule has 6 heteroatoms. The summed E-state index contributed by atoms with van der Waals surface area (Å²) in [6.07, 6.45) is 0. The number of piperazine rings is 1. The Bertz CT molecular complexity index is 646. The fourth-order valence-electron chi connectivity index (χ4n) is 2.50. The fraction of sp³-hybridized carbons (Fsp3) is 0.375. The normalized spacial score (nSPS) is 15.0. The number of rotatable bonds is 3. The Kier molecular flexibility index (Phi) is 4.29. The number of nitrogens with zero attached hydrogens (tertiary/aromatic N) is 3. The SMILES string of the molecule is COc1ccc(C(=O)N2CCN(c3nc(C)cs3)CC2)cc1. The molecule has 2 heterocycles. The van der Waals surface area contributed by atoms with Gasteiger partial charge in [-0.25, -0.2) is 4.98 Å². The molecule has 1 aliphatic heterocycles. The third-order valence-corrected chi connectivity index (χ3v) is 4.80. The van der Waals surface area contributed by atoms with Gasteiger partial charge in [0, 0.05) is 37.1 Å². The minimum Gasteiger partial charge on any atom is -0.497 e. The number of hydrogen-bond acceptors (Lipinski definition) is 5.